The third-order valence-electron chi connectivity index (χ3n) is 4.77. The van der Waals surface area contributed by atoms with Crippen molar-refractivity contribution in [3.05, 3.63) is 111 Å². The first kappa shape index (κ1) is 20.6. The highest BCUT2D eigenvalue weighted by molar-refractivity contribution is 9.10. The standard InChI is InChI=1S/C24H19BrN4O2/c1-16(26-27-23(30)19-14-8-9-15-20(19)25)21-22(17-10-4-2-5-11-17)28-29(24(21)31)18-12-6-3-7-13-18/h2-15,28H,1H3,(H,27,30). The van der Waals surface area contributed by atoms with Crippen LogP contribution in [0.1, 0.15) is 22.8 Å². The van der Waals surface area contributed by atoms with Crippen molar-refractivity contribution in [2.24, 2.45) is 5.10 Å². The molecule has 4 rings (SSSR count). The number of hydrogen-bond donors (Lipinski definition) is 2. The molecule has 0 unspecified atom stereocenters. The van der Waals surface area contributed by atoms with Gasteiger partial charge < -0.3 is 0 Å². The largest absolute Gasteiger partial charge is 0.290 e. The molecule has 0 saturated heterocycles. The van der Waals surface area contributed by atoms with Gasteiger partial charge in [-0.1, -0.05) is 60.7 Å². The molecule has 1 amide bonds. The molecule has 7 heteroatoms. The van der Waals surface area contributed by atoms with Crippen molar-refractivity contribution in [1.29, 1.82) is 0 Å². The minimum absolute atomic E-state index is 0.249. The number of nitrogens with one attached hydrogen (secondary N) is 2. The van der Waals surface area contributed by atoms with Crippen LogP contribution in [-0.2, 0) is 0 Å². The average molecular weight is 475 g/mol. The number of carbonyl (C=O) groups excluding carboxylic acids is 1. The Kier molecular flexibility index (Phi) is 5.95. The van der Waals surface area contributed by atoms with Crippen molar-refractivity contribution in [2.75, 3.05) is 0 Å². The van der Waals surface area contributed by atoms with E-state index in [1.807, 2.05) is 66.7 Å². The Hall–Kier alpha value is -3.71. The summed E-state index contributed by atoms with van der Waals surface area (Å²) in [6.45, 7) is 1.70. The first-order valence-electron chi connectivity index (χ1n) is 9.61. The van der Waals surface area contributed by atoms with E-state index < -0.39 is 0 Å². The number of para-hydroxylation sites is 1. The molecule has 0 aliphatic carbocycles. The zero-order valence-electron chi connectivity index (χ0n) is 16.7. The molecule has 0 radical (unpaired) electrons. The second kappa shape index (κ2) is 8.97. The molecule has 154 valence electrons. The van der Waals surface area contributed by atoms with Crippen LogP contribution in [0, 0.1) is 0 Å². The van der Waals surface area contributed by atoms with Gasteiger partial charge in [0.25, 0.3) is 11.5 Å². The minimum atomic E-state index is -0.369. The predicted octanol–water partition coefficient (Wildman–Crippen LogP) is 4.75. The molecule has 0 atom stereocenters. The summed E-state index contributed by atoms with van der Waals surface area (Å²) in [5, 5.41) is 7.42. The van der Waals surface area contributed by atoms with E-state index in [0.717, 1.165) is 5.56 Å². The maximum absolute atomic E-state index is 13.3. The summed E-state index contributed by atoms with van der Waals surface area (Å²) in [5.41, 5.74) is 5.73. The smallest absolute Gasteiger partial charge is 0.281 e. The zero-order valence-corrected chi connectivity index (χ0v) is 18.3. The van der Waals surface area contributed by atoms with Crippen LogP contribution in [0.5, 0.6) is 0 Å². The summed E-state index contributed by atoms with van der Waals surface area (Å²) in [7, 11) is 0. The van der Waals surface area contributed by atoms with Gasteiger partial charge in [0.15, 0.2) is 0 Å². The number of aromatic amines is 1. The molecule has 1 aromatic heterocycles. The van der Waals surface area contributed by atoms with Crippen molar-refractivity contribution in [1.82, 2.24) is 15.2 Å². The number of carbonyl (C=O) groups is 1. The molecule has 0 fully saturated rings. The SMILES string of the molecule is CC(=NNC(=O)c1ccccc1Br)c1c(-c2ccccc2)[nH]n(-c2ccccc2)c1=O. The lowest BCUT2D eigenvalue weighted by atomic mass is 10.1. The third-order valence-corrected chi connectivity index (χ3v) is 5.46. The summed E-state index contributed by atoms with van der Waals surface area (Å²) < 4.78 is 2.14. The predicted molar refractivity (Wildman–Crippen MR) is 126 cm³/mol. The molecule has 3 aromatic carbocycles. The summed E-state index contributed by atoms with van der Waals surface area (Å²) in [6.07, 6.45) is 0. The lowest BCUT2D eigenvalue weighted by Gasteiger charge is -2.05. The van der Waals surface area contributed by atoms with Crippen LogP contribution in [0.3, 0.4) is 0 Å². The Morgan fingerprint density at radius 2 is 1.55 bits per heavy atom. The monoisotopic (exact) mass is 474 g/mol. The Morgan fingerprint density at radius 1 is 0.935 bits per heavy atom. The van der Waals surface area contributed by atoms with Crippen LogP contribution in [0.4, 0.5) is 0 Å². The topological polar surface area (TPSA) is 79.2 Å². The summed E-state index contributed by atoms with van der Waals surface area (Å²) in [6, 6.07) is 25.9. The Bertz CT molecular complexity index is 1310. The molecule has 0 bridgehead atoms. The number of halogens is 1. The van der Waals surface area contributed by atoms with Crippen molar-refractivity contribution in [2.45, 2.75) is 6.92 Å². The van der Waals surface area contributed by atoms with E-state index in [-0.39, 0.29) is 11.5 Å². The van der Waals surface area contributed by atoms with Crippen LogP contribution >= 0.6 is 15.9 Å². The number of rotatable bonds is 5. The second-order valence-corrected chi connectivity index (χ2v) is 7.68. The number of amides is 1. The normalized spacial score (nSPS) is 11.4. The quantitative estimate of drug-likeness (QED) is 0.323. The molecule has 31 heavy (non-hydrogen) atoms. The molecular formula is C24H19BrN4O2. The van der Waals surface area contributed by atoms with E-state index in [1.54, 1.807) is 25.1 Å². The first-order valence-corrected chi connectivity index (χ1v) is 10.4. The van der Waals surface area contributed by atoms with Gasteiger partial charge in [0.2, 0.25) is 0 Å². The molecular weight excluding hydrogens is 456 g/mol. The highest BCUT2D eigenvalue weighted by Gasteiger charge is 2.19. The summed E-state index contributed by atoms with van der Waals surface area (Å²) in [4.78, 5) is 25.8. The Balaban J connectivity index is 1.77. The van der Waals surface area contributed by atoms with Gasteiger partial charge in [-0.2, -0.15) is 5.10 Å². The summed E-state index contributed by atoms with van der Waals surface area (Å²) in [5.74, 6) is -0.369. The molecule has 1 heterocycles. The highest BCUT2D eigenvalue weighted by atomic mass is 79.9. The van der Waals surface area contributed by atoms with Gasteiger partial charge >= 0.3 is 0 Å². The van der Waals surface area contributed by atoms with E-state index in [2.05, 4.69) is 31.6 Å². The van der Waals surface area contributed by atoms with Crippen molar-refractivity contribution in [3.8, 4) is 16.9 Å². The van der Waals surface area contributed by atoms with Gasteiger partial charge in [0.05, 0.1) is 28.2 Å². The van der Waals surface area contributed by atoms with Gasteiger partial charge in [-0.15, -0.1) is 0 Å². The number of hydrazone groups is 1. The number of benzene rings is 3. The molecule has 4 aromatic rings. The van der Waals surface area contributed by atoms with Gasteiger partial charge in [-0.05, 0) is 47.1 Å². The lowest BCUT2D eigenvalue weighted by Crippen LogP contribution is -2.23. The summed E-state index contributed by atoms with van der Waals surface area (Å²) >= 11 is 3.36. The van der Waals surface area contributed by atoms with Gasteiger partial charge in [-0.25, -0.2) is 10.1 Å². The molecule has 0 saturated carbocycles. The van der Waals surface area contributed by atoms with Crippen LogP contribution in [0.2, 0.25) is 0 Å². The van der Waals surface area contributed by atoms with E-state index in [0.29, 0.717) is 32.7 Å². The lowest BCUT2D eigenvalue weighted by molar-refractivity contribution is 0.0954. The molecule has 0 aliphatic rings. The second-order valence-electron chi connectivity index (χ2n) is 6.82. The van der Waals surface area contributed by atoms with Crippen LogP contribution < -0.4 is 11.0 Å². The Morgan fingerprint density at radius 3 is 2.23 bits per heavy atom. The van der Waals surface area contributed by atoms with Crippen molar-refractivity contribution < 1.29 is 4.79 Å². The molecule has 0 aliphatic heterocycles. The van der Waals surface area contributed by atoms with Crippen LogP contribution in [0.15, 0.2) is 99.3 Å². The number of hydrogen-bond acceptors (Lipinski definition) is 3. The number of nitrogens with zero attached hydrogens (tertiary/aromatic N) is 2. The van der Waals surface area contributed by atoms with Gasteiger partial charge in [0, 0.05) is 10.0 Å². The van der Waals surface area contributed by atoms with E-state index in [4.69, 9.17) is 0 Å². The fourth-order valence-electron chi connectivity index (χ4n) is 3.24. The van der Waals surface area contributed by atoms with Crippen LogP contribution in [-0.4, -0.2) is 21.4 Å². The molecule has 0 spiro atoms. The third kappa shape index (κ3) is 4.27. The minimum Gasteiger partial charge on any atom is -0.290 e. The van der Waals surface area contributed by atoms with Crippen molar-refractivity contribution >= 4 is 27.5 Å². The van der Waals surface area contributed by atoms with Crippen LogP contribution in [0.25, 0.3) is 16.9 Å². The zero-order chi connectivity index (χ0) is 21.8. The van der Waals surface area contributed by atoms with Gasteiger partial charge in [0.1, 0.15) is 0 Å². The fraction of sp³-hybridized carbons (Fsp3) is 0.0417. The maximum atomic E-state index is 13.3. The average Bonchev–Trinajstić information content (AvgIpc) is 3.16. The highest BCUT2D eigenvalue weighted by Crippen LogP contribution is 2.21. The molecule has 2 N–H and O–H groups in total. The number of aromatic nitrogens is 2. The molecule has 6 nitrogen and oxygen atoms in total. The first-order chi connectivity index (χ1) is 15.1. The maximum Gasteiger partial charge on any atom is 0.281 e. The van der Waals surface area contributed by atoms with Gasteiger partial charge in [-0.3, -0.25) is 14.7 Å². The van der Waals surface area contributed by atoms with E-state index in [9.17, 15) is 9.59 Å². The van der Waals surface area contributed by atoms with Crippen molar-refractivity contribution in [3.63, 3.8) is 0 Å². The Labute approximate surface area is 187 Å². The van der Waals surface area contributed by atoms with E-state index in [1.165, 1.54) is 4.68 Å². The fourth-order valence-corrected chi connectivity index (χ4v) is 3.71. The number of H-pyrrole nitrogens is 1. The van der Waals surface area contributed by atoms with E-state index >= 15 is 0 Å².